The van der Waals surface area contributed by atoms with E-state index in [-0.39, 0.29) is 17.8 Å². The van der Waals surface area contributed by atoms with Gasteiger partial charge in [-0.1, -0.05) is 18.2 Å². The van der Waals surface area contributed by atoms with Gasteiger partial charge in [-0.15, -0.1) is 0 Å². The van der Waals surface area contributed by atoms with E-state index in [0.29, 0.717) is 42.2 Å². The summed E-state index contributed by atoms with van der Waals surface area (Å²) in [5.74, 6) is 1.17. The van der Waals surface area contributed by atoms with Gasteiger partial charge < -0.3 is 15.0 Å². The van der Waals surface area contributed by atoms with Crippen LogP contribution in [0.15, 0.2) is 60.8 Å². The van der Waals surface area contributed by atoms with E-state index in [9.17, 15) is 9.59 Å². The largest absolute Gasteiger partial charge is 0.488 e. The summed E-state index contributed by atoms with van der Waals surface area (Å²) in [5.41, 5.74) is 4.96. The van der Waals surface area contributed by atoms with Crippen LogP contribution < -0.4 is 10.1 Å². The number of likely N-dealkylation sites (tertiary alicyclic amines) is 2. The number of anilines is 1. The van der Waals surface area contributed by atoms with Gasteiger partial charge in [0.1, 0.15) is 17.5 Å². The third-order valence-corrected chi connectivity index (χ3v) is 8.40. The van der Waals surface area contributed by atoms with Crippen molar-refractivity contribution >= 4 is 17.4 Å². The number of benzene rings is 2. The highest BCUT2D eigenvalue weighted by Crippen LogP contribution is 2.29. The van der Waals surface area contributed by atoms with Crippen LogP contribution in [-0.4, -0.2) is 65.8 Å². The summed E-state index contributed by atoms with van der Waals surface area (Å²) in [4.78, 5) is 34.7. The van der Waals surface area contributed by atoms with Crippen molar-refractivity contribution in [2.75, 3.05) is 38.5 Å². The lowest BCUT2D eigenvalue weighted by molar-refractivity contribution is 0.0590. The molecule has 218 valence electrons. The van der Waals surface area contributed by atoms with E-state index in [1.165, 1.54) is 11.1 Å². The normalized spacial score (nSPS) is 16.5. The molecule has 3 heterocycles. The topological polar surface area (TPSA) is 98.6 Å². The maximum absolute atomic E-state index is 13.1. The van der Waals surface area contributed by atoms with Crippen LogP contribution in [0.5, 0.6) is 5.75 Å². The molecule has 0 bridgehead atoms. The van der Waals surface area contributed by atoms with Crippen LogP contribution in [0, 0.1) is 24.2 Å². The fourth-order valence-electron chi connectivity index (χ4n) is 5.82. The molecule has 0 aliphatic carbocycles. The first kappa shape index (κ1) is 29.3. The van der Waals surface area contributed by atoms with Gasteiger partial charge in [0.25, 0.3) is 5.91 Å². The summed E-state index contributed by atoms with van der Waals surface area (Å²) in [6.07, 6.45) is 5.58. The number of carbonyl (C=O) groups is 2. The van der Waals surface area contributed by atoms with Gasteiger partial charge in [0.05, 0.1) is 17.3 Å². The molecule has 2 aliphatic heterocycles. The number of amides is 1. The summed E-state index contributed by atoms with van der Waals surface area (Å²) >= 11 is 0. The Labute approximate surface area is 248 Å². The molecule has 3 aromatic rings. The van der Waals surface area contributed by atoms with Gasteiger partial charge >= 0.3 is 0 Å². The highest BCUT2D eigenvalue weighted by molar-refractivity contribution is 5.97. The molecular weight excluding hydrogens is 526 g/mol. The van der Waals surface area contributed by atoms with Crippen LogP contribution in [0.3, 0.4) is 0 Å². The molecule has 2 aliphatic rings. The smallest absolute Gasteiger partial charge is 0.272 e. The fourth-order valence-corrected chi connectivity index (χ4v) is 5.82. The predicted octanol–water partition coefficient (Wildman–Crippen LogP) is 5.47. The maximum atomic E-state index is 13.1. The van der Waals surface area contributed by atoms with Gasteiger partial charge in [-0.05, 0) is 86.3 Å². The third kappa shape index (κ3) is 7.34. The van der Waals surface area contributed by atoms with E-state index in [1.807, 2.05) is 48.3 Å². The lowest BCUT2D eigenvalue weighted by Gasteiger charge is -2.32. The highest BCUT2D eigenvalue weighted by atomic mass is 16.5. The van der Waals surface area contributed by atoms with E-state index < -0.39 is 0 Å². The number of aromatic nitrogens is 1. The molecule has 0 unspecified atom stereocenters. The number of pyridine rings is 1. The summed E-state index contributed by atoms with van der Waals surface area (Å²) in [6, 6.07) is 19.4. The van der Waals surface area contributed by atoms with E-state index in [0.717, 1.165) is 56.8 Å². The highest BCUT2D eigenvalue weighted by Gasteiger charge is 2.27. The minimum absolute atomic E-state index is 0.0552. The Morgan fingerprint density at radius 1 is 1.00 bits per heavy atom. The SMILES string of the molecule is CNc1cc(C)ccc1OC1CCN(C(=O)c2ccc(C(=O)CC3CCN(Cc4ccc(C#N)cc4)CC3)cn2)CC1. The van der Waals surface area contributed by atoms with Crippen molar-refractivity contribution in [2.24, 2.45) is 5.92 Å². The van der Waals surface area contributed by atoms with Crippen LogP contribution in [-0.2, 0) is 6.54 Å². The lowest BCUT2D eigenvalue weighted by atomic mass is 9.90. The molecular formula is C34H39N5O3. The number of carbonyl (C=O) groups excluding carboxylic acids is 2. The third-order valence-electron chi connectivity index (χ3n) is 8.40. The van der Waals surface area contributed by atoms with Crippen molar-refractivity contribution in [3.8, 4) is 11.8 Å². The van der Waals surface area contributed by atoms with Crippen molar-refractivity contribution < 1.29 is 14.3 Å². The molecule has 0 spiro atoms. The van der Waals surface area contributed by atoms with Crippen molar-refractivity contribution in [3.63, 3.8) is 0 Å². The molecule has 0 atom stereocenters. The number of nitrogens with one attached hydrogen (secondary N) is 1. The second kappa shape index (κ2) is 13.6. The van der Waals surface area contributed by atoms with Crippen molar-refractivity contribution in [2.45, 2.75) is 51.7 Å². The first-order valence-corrected chi connectivity index (χ1v) is 14.9. The van der Waals surface area contributed by atoms with Gasteiger partial charge in [0.2, 0.25) is 0 Å². The number of ketones is 1. The van der Waals surface area contributed by atoms with Gasteiger partial charge in [0.15, 0.2) is 5.78 Å². The molecule has 8 nitrogen and oxygen atoms in total. The maximum Gasteiger partial charge on any atom is 0.272 e. The monoisotopic (exact) mass is 565 g/mol. The lowest BCUT2D eigenvalue weighted by Crippen LogP contribution is -2.42. The number of piperidine rings is 2. The number of rotatable bonds is 9. The number of hydrogen-bond acceptors (Lipinski definition) is 7. The molecule has 1 amide bonds. The molecule has 0 saturated carbocycles. The molecule has 8 heteroatoms. The molecule has 1 N–H and O–H groups in total. The first-order chi connectivity index (χ1) is 20.4. The summed E-state index contributed by atoms with van der Waals surface area (Å²) in [7, 11) is 1.89. The van der Waals surface area contributed by atoms with Crippen molar-refractivity contribution in [3.05, 3.63) is 88.7 Å². The Morgan fingerprint density at radius 3 is 2.38 bits per heavy atom. The molecule has 5 rings (SSSR count). The Balaban J connectivity index is 1.06. The number of aryl methyl sites for hydroxylation is 1. The zero-order valence-electron chi connectivity index (χ0n) is 24.5. The fraction of sp³-hybridized carbons (Fsp3) is 0.412. The van der Waals surface area contributed by atoms with Gasteiger partial charge in [-0.3, -0.25) is 19.5 Å². The second-order valence-corrected chi connectivity index (χ2v) is 11.4. The second-order valence-electron chi connectivity index (χ2n) is 11.4. The molecule has 42 heavy (non-hydrogen) atoms. The Kier molecular flexibility index (Phi) is 9.50. The molecule has 0 radical (unpaired) electrons. The van der Waals surface area contributed by atoms with E-state index in [4.69, 9.17) is 10.00 Å². The van der Waals surface area contributed by atoms with Crippen molar-refractivity contribution in [1.82, 2.24) is 14.8 Å². The minimum Gasteiger partial charge on any atom is -0.488 e. The van der Waals surface area contributed by atoms with Gasteiger partial charge in [-0.2, -0.15) is 5.26 Å². The van der Waals surface area contributed by atoms with Crippen molar-refractivity contribution in [1.29, 1.82) is 5.26 Å². The number of nitriles is 1. The number of nitrogens with zero attached hydrogens (tertiary/aromatic N) is 4. The number of Topliss-reactive ketones (excluding diaryl/α,β-unsaturated/α-hetero) is 1. The molecule has 2 fully saturated rings. The standard InChI is InChI=1S/C34H39N5O3/c1-24-3-10-33(31(19-24)36-2)42-29-13-17-39(18-14-29)34(41)30-9-8-28(22-37-30)32(40)20-25-11-15-38(16-12-25)23-27-6-4-26(21-35)5-7-27/h3-10,19,22,25,29,36H,11-18,20,23H2,1-2H3. The van der Waals surface area contributed by atoms with E-state index >= 15 is 0 Å². The average Bonchev–Trinajstić information content (AvgIpc) is 3.03. The number of ether oxygens (including phenoxy) is 1. The number of hydrogen-bond donors (Lipinski definition) is 1. The molecule has 2 aromatic carbocycles. The summed E-state index contributed by atoms with van der Waals surface area (Å²) in [5, 5.41) is 12.2. The minimum atomic E-state index is -0.103. The van der Waals surface area contributed by atoms with Crippen LogP contribution in [0.4, 0.5) is 5.69 Å². The summed E-state index contributed by atoms with van der Waals surface area (Å²) in [6.45, 7) is 6.03. The molecule has 2 saturated heterocycles. The van der Waals surface area contributed by atoms with Crippen LogP contribution in [0.1, 0.15) is 69.6 Å². The first-order valence-electron chi connectivity index (χ1n) is 14.9. The van der Waals surface area contributed by atoms with Crippen LogP contribution in [0.25, 0.3) is 0 Å². The summed E-state index contributed by atoms with van der Waals surface area (Å²) < 4.78 is 6.24. The average molecular weight is 566 g/mol. The molecule has 1 aromatic heterocycles. The quantitative estimate of drug-likeness (QED) is 0.344. The van der Waals surface area contributed by atoms with Crippen LogP contribution >= 0.6 is 0 Å². The Bertz CT molecular complexity index is 1420. The zero-order chi connectivity index (χ0) is 29.5. The van der Waals surface area contributed by atoms with E-state index in [2.05, 4.69) is 34.3 Å². The predicted molar refractivity (Wildman–Crippen MR) is 163 cm³/mol. The Morgan fingerprint density at radius 2 is 1.74 bits per heavy atom. The zero-order valence-corrected chi connectivity index (χ0v) is 24.5. The van der Waals surface area contributed by atoms with E-state index in [1.54, 1.807) is 18.3 Å². The Hall–Kier alpha value is -4.22. The van der Waals surface area contributed by atoms with Gasteiger partial charge in [0, 0.05) is 57.7 Å². The van der Waals surface area contributed by atoms with Crippen LogP contribution in [0.2, 0.25) is 0 Å². The van der Waals surface area contributed by atoms with Gasteiger partial charge in [-0.25, -0.2) is 0 Å².